The highest BCUT2D eigenvalue weighted by Gasteiger charge is 2.41. The fraction of sp³-hybridized carbons (Fsp3) is 0.263. The summed E-state index contributed by atoms with van der Waals surface area (Å²) in [4.78, 5) is 43.1. The molecule has 7 heteroatoms. The van der Waals surface area contributed by atoms with Crippen molar-refractivity contribution in [3.05, 3.63) is 58.4 Å². The number of nitrogens with zero attached hydrogens (tertiary/aromatic N) is 2. The molecule has 0 unspecified atom stereocenters. The largest absolute Gasteiger partial charge is 0.458 e. The highest BCUT2D eigenvalue weighted by molar-refractivity contribution is 6.25. The predicted molar refractivity (Wildman–Crippen MR) is 92.5 cm³/mol. The monoisotopic (exact) mass is 351 g/mol. The topological polar surface area (TPSA) is 103 Å². The van der Waals surface area contributed by atoms with Gasteiger partial charge in [-0.15, -0.1) is 0 Å². The molecule has 1 aromatic heterocycles. The van der Waals surface area contributed by atoms with E-state index in [1.165, 1.54) is 0 Å². The van der Waals surface area contributed by atoms with Gasteiger partial charge in [-0.25, -0.2) is 9.78 Å². The fourth-order valence-electron chi connectivity index (χ4n) is 3.02. The summed E-state index contributed by atoms with van der Waals surface area (Å²) in [5.41, 5.74) is 7.17. The van der Waals surface area contributed by atoms with Crippen LogP contribution in [0.5, 0.6) is 0 Å². The maximum absolute atomic E-state index is 12.8. The number of hydrogen-bond donors (Lipinski definition) is 1. The molecule has 132 valence electrons. The first kappa shape index (κ1) is 16.3. The van der Waals surface area contributed by atoms with Gasteiger partial charge in [0.25, 0.3) is 11.8 Å². The van der Waals surface area contributed by atoms with Crippen LogP contribution in [-0.2, 0) is 11.3 Å². The van der Waals surface area contributed by atoms with Gasteiger partial charge in [-0.2, -0.15) is 0 Å². The molecule has 0 spiro atoms. The van der Waals surface area contributed by atoms with Gasteiger partial charge >= 0.3 is 5.97 Å². The zero-order valence-electron chi connectivity index (χ0n) is 14.2. The number of esters is 1. The Bertz CT molecular complexity index is 936. The van der Waals surface area contributed by atoms with Crippen LogP contribution in [0.25, 0.3) is 0 Å². The van der Waals surface area contributed by atoms with Crippen LogP contribution in [0, 0.1) is 6.92 Å². The zero-order chi connectivity index (χ0) is 18.4. The van der Waals surface area contributed by atoms with Crippen LogP contribution in [0.2, 0.25) is 0 Å². The van der Waals surface area contributed by atoms with Crippen molar-refractivity contribution in [3.63, 3.8) is 0 Å². The number of nitrogen functional groups attached to an aromatic ring is 1. The summed E-state index contributed by atoms with van der Waals surface area (Å²) in [5.74, 6) is -1.62. The lowest BCUT2D eigenvalue weighted by Gasteiger charge is -2.13. The Morgan fingerprint density at radius 3 is 2.50 bits per heavy atom. The second-order valence-electron chi connectivity index (χ2n) is 6.50. The fourth-order valence-corrected chi connectivity index (χ4v) is 3.02. The average molecular weight is 351 g/mol. The third-order valence-electron chi connectivity index (χ3n) is 4.51. The summed E-state index contributed by atoms with van der Waals surface area (Å²) < 4.78 is 5.24. The second kappa shape index (κ2) is 5.94. The van der Waals surface area contributed by atoms with Crippen LogP contribution >= 0.6 is 0 Å². The predicted octanol–water partition coefficient (Wildman–Crippen LogP) is 2.09. The maximum Gasteiger partial charge on any atom is 0.359 e. The smallest absolute Gasteiger partial charge is 0.359 e. The summed E-state index contributed by atoms with van der Waals surface area (Å²) in [7, 11) is 0. The van der Waals surface area contributed by atoms with Crippen LogP contribution in [0.3, 0.4) is 0 Å². The quantitative estimate of drug-likeness (QED) is 0.668. The molecule has 7 nitrogen and oxygen atoms in total. The van der Waals surface area contributed by atoms with Crippen molar-refractivity contribution in [2.45, 2.75) is 32.4 Å². The van der Waals surface area contributed by atoms with Crippen LogP contribution in [0.15, 0.2) is 30.3 Å². The highest BCUT2D eigenvalue weighted by Crippen LogP contribution is 2.33. The van der Waals surface area contributed by atoms with Crippen molar-refractivity contribution in [1.29, 1.82) is 0 Å². The van der Waals surface area contributed by atoms with Gasteiger partial charge in [0, 0.05) is 0 Å². The minimum absolute atomic E-state index is 0.0428. The second-order valence-corrected chi connectivity index (χ2v) is 6.50. The lowest BCUT2D eigenvalue weighted by atomic mass is 10.1. The first-order valence-corrected chi connectivity index (χ1v) is 8.38. The van der Waals surface area contributed by atoms with Crippen LogP contribution in [0.1, 0.15) is 55.3 Å². The molecule has 1 saturated carbocycles. The highest BCUT2D eigenvalue weighted by atomic mass is 16.5. The zero-order valence-corrected chi connectivity index (χ0v) is 14.2. The number of ether oxygens (including phenoxy) is 1. The van der Waals surface area contributed by atoms with Gasteiger partial charge in [-0.05, 0) is 25.3 Å². The van der Waals surface area contributed by atoms with Crippen LogP contribution in [0.4, 0.5) is 5.69 Å². The molecule has 2 N–H and O–H groups in total. The van der Waals surface area contributed by atoms with Gasteiger partial charge in [0.2, 0.25) is 0 Å². The van der Waals surface area contributed by atoms with E-state index in [-0.39, 0.29) is 35.2 Å². The molecule has 2 heterocycles. The van der Waals surface area contributed by atoms with E-state index < -0.39 is 17.8 Å². The van der Waals surface area contributed by atoms with Crippen molar-refractivity contribution < 1.29 is 19.1 Å². The molecule has 4 rings (SSSR count). The van der Waals surface area contributed by atoms with E-state index in [4.69, 9.17) is 10.5 Å². The molecule has 2 aromatic rings. The summed E-state index contributed by atoms with van der Waals surface area (Å²) in [6.45, 7) is 1.72. The summed E-state index contributed by atoms with van der Waals surface area (Å²) in [5, 5.41) is 0. The van der Waals surface area contributed by atoms with Gasteiger partial charge in [0.05, 0.1) is 29.1 Å². The number of anilines is 1. The SMILES string of the molecule is Cc1nc(C(=O)OC2CC2)c(N)c2c1C(=O)N(Cc1ccccc1)C2=O. The number of aromatic nitrogens is 1. The molecular formula is C19H17N3O4. The molecule has 0 atom stereocenters. The molecule has 1 fully saturated rings. The van der Waals surface area contributed by atoms with E-state index in [0.29, 0.717) is 5.69 Å². The number of benzene rings is 1. The Labute approximate surface area is 149 Å². The minimum Gasteiger partial charge on any atom is -0.458 e. The van der Waals surface area contributed by atoms with Gasteiger partial charge < -0.3 is 10.5 Å². The number of amides is 2. The normalized spacial score (nSPS) is 16.0. The molecule has 2 amide bonds. The number of hydrogen-bond acceptors (Lipinski definition) is 6. The first-order valence-electron chi connectivity index (χ1n) is 8.38. The average Bonchev–Trinajstić information content (AvgIpc) is 3.40. The first-order chi connectivity index (χ1) is 12.5. The van der Waals surface area contributed by atoms with Crippen molar-refractivity contribution in [3.8, 4) is 0 Å². The van der Waals surface area contributed by atoms with Gasteiger partial charge in [0.15, 0.2) is 5.69 Å². The molecule has 0 radical (unpaired) electrons. The van der Waals surface area contributed by atoms with E-state index in [0.717, 1.165) is 23.3 Å². The van der Waals surface area contributed by atoms with E-state index in [1.54, 1.807) is 6.92 Å². The molecule has 1 aliphatic carbocycles. The molecule has 1 aromatic carbocycles. The third-order valence-corrected chi connectivity index (χ3v) is 4.51. The number of pyridine rings is 1. The van der Waals surface area contributed by atoms with Gasteiger partial charge in [-0.1, -0.05) is 30.3 Å². The molecular weight excluding hydrogens is 334 g/mol. The Morgan fingerprint density at radius 2 is 1.85 bits per heavy atom. The Hall–Kier alpha value is -3.22. The minimum atomic E-state index is -0.655. The molecule has 0 bridgehead atoms. The molecule has 2 aliphatic rings. The van der Waals surface area contributed by atoms with E-state index >= 15 is 0 Å². The molecule has 0 saturated heterocycles. The third kappa shape index (κ3) is 2.61. The summed E-state index contributed by atoms with van der Waals surface area (Å²) in [6.07, 6.45) is 1.53. The maximum atomic E-state index is 12.8. The Balaban J connectivity index is 1.71. The number of carbonyl (C=O) groups is 3. The number of aryl methyl sites for hydroxylation is 1. The van der Waals surface area contributed by atoms with E-state index in [2.05, 4.69) is 4.98 Å². The van der Waals surface area contributed by atoms with E-state index in [9.17, 15) is 14.4 Å². The van der Waals surface area contributed by atoms with Gasteiger partial charge in [0.1, 0.15) is 6.10 Å². The Kier molecular flexibility index (Phi) is 3.72. The lowest BCUT2D eigenvalue weighted by molar-refractivity contribution is 0.0466. The van der Waals surface area contributed by atoms with Crippen LogP contribution < -0.4 is 5.73 Å². The number of nitrogens with two attached hydrogens (primary N) is 1. The lowest BCUT2D eigenvalue weighted by Crippen LogP contribution is -2.29. The van der Waals surface area contributed by atoms with Crippen molar-refractivity contribution in [2.75, 3.05) is 5.73 Å². The van der Waals surface area contributed by atoms with Gasteiger partial charge in [-0.3, -0.25) is 14.5 Å². The van der Waals surface area contributed by atoms with Crippen molar-refractivity contribution in [2.24, 2.45) is 0 Å². The summed E-state index contributed by atoms with van der Waals surface area (Å²) >= 11 is 0. The van der Waals surface area contributed by atoms with Crippen molar-refractivity contribution in [1.82, 2.24) is 9.88 Å². The number of rotatable bonds is 4. The summed E-state index contributed by atoms with van der Waals surface area (Å²) in [6, 6.07) is 9.18. The standard InChI is InChI=1S/C19H17N3O4/c1-10-13-14(15(20)16(21-10)19(25)26-12-7-8-12)18(24)22(17(13)23)9-11-5-3-2-4-6-11/h2-6,12H,7-9,20H2,1H3. The molecule has 26 heavy (non-hydrogen) atoms. The van der Waals surface area contributed by atoms with Crippen LogP contribution in [-0.4, -0.2) is 33.8 Å². The number of carbonyl (C=O) groups excluding carboxylic acids is 3. The number of imide groups is 1. The Morgan fingerprint density at radius 1 is 1.19 bits per heavy atom. The van der Waals surface area contributed by atoms with E-state index in [1.807, 2.05) is 30.3 Å². The molecule has 1 aliphatic heterocycles. The number of fused-ring (bicyclic) bond motifs is 1. The van der Waals surface area contributed by atoms with Crippen molar-refractivity contribution >= 4 is 23.5 Å².